The monoisotopic (exact) mass is 498 g/mol. The molecular formula is C23H26N6OS3. The number of anilines is 2. The van der Waals surface area contributed by atoms with Gasteiger partial charge in [0.15, 0.2) is 11.4 Å². The Morgan fingerprint density at radius 2 is 2.12 bits per heavy atom. The van der Waals surface area contributed by atoms with Crippen LogP contribution in [0.25, 0.3) is 10.2 Å². The summed E-state index contributed by atoms with van der Waals surface area (Å²) in [4.78, 5) is 17.6. The van der Waals surface area contributed by atoms with Crippen molar-refractivity contribution in [3.63, 3.8) is 0 Å². The molecule has 1 aliphatic heterocycles. The Bertz CT molecular complexity index is 1210. The second-order valence-electron chi connectivity index (χ2n) is 8.04. The molecule has 4 aromatic rings. The molecule has 0 spiro atoms. The summed E-state index contributed by atoms with van der Waals surface area (Å²) in [5, 5.41) is 10.4. The van der Waals surface area contributed by atoms with Gasteiger partial charge in [0, 0.05) is 38.4 Å². The van der Waals surface area contributed by atoms with Gasteiger partial charge in [-0.2, -0.15) is 5.10 Å². The molecule has 3 aromatic heterocycles. The number of thiazole rings is 1. The number of thiophene rings is 1. The van der Waals surface area contributed by atoms with E-state index in [1.54, 1.807) is 34.6 Å². The lowest BCUT2D eigenvalue weighted by Crippen LogP contribution is -2.25. The van der Waals surface area contributed by atoms with E-state index in [2.05, 4.69) is 54.7 Å². The van der Waals surface area contributed by atoms with E-state index < -0.39 is 0 Å². The fourth-order valence-electron chi connectivity index (χ4n) is 3.84. The molecule has 0 radical (unpaired) electrons. The van der Waals surface area contributed by atoms with E-state index in [0.717, 1.165) is 48.2 Å². The topological polar surface area (TPSA) is 75.1 Å². The number of hydrogen-bond donors (Lipinski definition) is 2. The van der Waals surface area contributed by atoms with Crippen LogP contribution in [-0.4, -0.2) is 45.6 Å². The lowest BCUT2D eigenvalue weighted by molar-refractivity contribution is 0.111. The van der Waals surface area contributed by atoms with Crippen molar-refractivity contribution in [2.75, 3.05) is 23.6 Å². The molecule has 7 nitrogen and oxygen atoms in total. The molecule has 1 saturated carbocycles. The zero-order chi connectivity index (χ0) is 22.6. The molecule has 172 valence electrons. The third-order valence-electron chi connectivity index (χ3n) is 5.61. The molecule has 6 rings (SSSR count). The first-order valence-corrected chi connectivity index (χ1v) is 13.5. The average molecular weight is 499 g/mol. The van der Waals surface area contributed by atoms with E-state index in [1.165, 1.54) is 34.0 Å². The van der Waals surface area contributed by atoms with Crippen LogP contribution >= 0.6 is 34.6 Å². The SMILES string of the molecule is CNc1nc2ccc(NSc3cccs3)cc2s1.O=Cc1cc2n(n1)CCCN(C1CC1)C2. The first kappa shape index (κ1) is 22.4. The molecule has 0 saturated heterocycles. The predicted molar refractivity (Wildman–Crippen MR) is 139 cm³/mol. The van der Waals surface area contributed by atoms with Gasteiger partial charge < -0.3 is 10.0 Å². The van der Waals surface area contributed by atoms with Crippen LogP contribution in [0.3, 0.4) is 0 Å². The van der Waals surface area contributed by atoms with Gasteiger partial charge in [0.05, 0.1) is 20.1 Å². The van der Waals surface area contributed by atoms with Crippen molar-refractivity contribution in [1.82, 2.24) is 19.7 Å². The van der Waals surface area contributed by atoms with E-state index >= 15 is 0 Å². The van der Waals surface area contributed by atoms with Crippen molar-refractivity contribution in [2.45, 2.75) is 42.6 Å². The fourth-order valence-corrected chi connectivity index (χ4v) is 6.13. The second-order valence-corrected chi connectivity index (χ2v) is 11.1. The van der Waals surface area contributed by atoms with Gasteiger partial charge >= 0.3 is 0 Å². The summed E-state index contributed by atoms with van der Waals surface area (Å²) in [6.45, 7) is 3.09. The van der Waals surface area contributed by atoms with Crippen LogP contribution in [0, 0.1) is 0 Å². The molecule has 1 aromatic carbocycles. The van der Waals surface area contributed by atoms with E-state index in [9.17, 15) is 4.79 Å². The lowest BCUT2D eigenvalue weighted by atomic mass is 10.3. The molecule has 4 heterocycles. The Morgan fingerprint density at radius 3 is 2.88 bits per heavy atom. The fraction of sp³-hybridized carbons (Fsp3) is 0.348. The van der Waals surface area contributed by atoms with Crippen molar-refractivity contribution in [3.8, 4) is 0 Å². The third kappa shape index (κ3) is 5.57. The largest absolute Gasteiger partial charge is 0.365 e. The summed E-state index contributed by atoms with van der Waals surface area (Å²) in [5.41, 5.74) is 3.91. The van der Waals surface area contributed by atoms with E-state index in [-0.39, 0.29) is 0 Å². The van der Waals surface area contributed by atoms with Crippen molar-refractivity contribution in [2.24, 2.45) is 0 Å². The number of aryl methyl sites for hydroxylation is 1. The summed E-state index contributed by atoms with van der Waals surface area (Å²) in [5.74, 6) is 0. The zero-order valence-electron chi connectivity index (χ0n) is 18.4. The van der Waals surface area contributed by atoms with Gasteiger partial charge in [-0.15, -0.1) is 11.3 Å². The van der Waals surface area contributed by atoms with Gasteiger partial charge in [0.1, 0.15) is 5.69 Å². The van der Waals surface area contributed by atoms with Crippen LogP contribution in [0.1, 0.15) is 35.4 Å². The highest BCUT2D eigenvalue weighted by Crippen LogP contribution is 2.31. The number of nitrogens with zero attached hydrogens (tertiary/aromatic N) is 4. The van der Waals surface area contributed by atoms with E-state index in [1.807, 2.05) is 23.9 Å². The molecule has 10 heteroatoms. The highest BCUT2D eigenvalue weighted by Gasteiger charge is 2.30. The standard InChI is InChI=1S/C12H11N3S3.C11H15N3O/c1-13-12-14-9-5-4-8(7-10(9)17-12)15-18-11-3-2-6-16-11;15-8-9-6-11-7-13(10-2-3-10)4-1-5-14(11)12-9/h2-7,15H,1H3,(H,13,14);6,8,10H,1-5,7H2. The van der Waals surface area contributed by atoms with Gasteiger partial charge in [-0.1, -0.05) is 17.4 Å². The number of hydrogen-bond acceptors (Lipinski definition) is 9. The molecule has 0 amide bonds. The second kappa shape index (κ2) is 10.3. The van der Waals surface area contributed by atoms with Crippen molar-refractivity contribution < 1.29 is 4.79 Å². The number of aromatic nitrogens is 3. The molecule has 2 N–H and O–H groups in total. The summed E-state index contributed by atoms with van der Waals surface area (Å²) in [7, 11) is 1.89. The number of rotatable bonds is 6. The Kier molecular flexibility index (Phi) is 6.96. The Labute approximate surface area is 205 Å². The minimum atomic E-state index is 0.572. The summed E-state index contributed by atoms with van der Waals surface area (Å²) in [6.07, 6.45) is 4.66. The van der Waals surface area contributed by atoms with Crippen LogP contribution in [0.2, 0.25) is 0 Å². The molecule has 1 aliphatic carbocycles. The minimum absolute atomic E-state index is 0.572. The van der Waals surface area contributed by atoms with Crippen LogP contribution in [0.15, 0.2) is 46.0 Å². The van der Waals surface area contributed by atoms with Crippen molar-refractivity contribution in [1.29, 1.82) is 0 Å². The van der Waals surface area contributed by atoms with Crippen LogP contribution in [0.4, 0.5) is 10.8 Å². The number of carbonyl (C=O) groups excluding carboxylic acids is 1. The van der Waals surface area contributed by atoms with Gasteiger partial charge in [-0.25, -0.2) is 4.98 Å². The van der Waals surface area contributed by atoms with Crippen LogP contribution in [0.5, 0.6) is 0 Å². The normalized spacial score (nSPS) is 15.9. The highest BCUT2D eigenvalue weighted by molar-refractivity contribution is 8.02. The summed E-state index contributed by atoms with van der Waals surface area (Å²) in [6, 6.07) is 13.1. The smallest absolute Gasteiger partial charge is 0.183 e. The zero-order valence-corrected chi connectivity index (χ0v) is 20.8. The summed E-state index contributed by atoms with van der Waals surface area (Å²) >= 11 is 5.04. The number of benzene rings is 1. The van der Waals surface area contributed by atoms with Crippen molar-refractivity contribution in [3.05, 3.63) is 53.2 Å². The van der Waals surface area contributed by atoms with E-state index in [4.69, 9.17) is 0 Å². The maximum atomic E-state index is 10.6. The Hall–Kier alpha value is -2.40. The van der Waals surface area contributed by atoms with Crippen molar-refractivity contribution >= 4 is 61.9 Å². The Balaban J connectivity index is 0.000000140. The number of carbonyl (C=O) groups is 1. The van der Waals surface area contributed by atoms with Gasteiger partial charge in [0.25, 0.3) is 0 Å². The molecule has 0 bridgehead atoms. The maximum Gasteiger partial charge on any atom is 0.183 e. The summed E-state index contributed by atoms with van der Waals surface area (Å²) < 4.78 is 7.79. The minimum Gasteiger partial charge on any atom is -0.365 e. The van der Waals surface area contributed by atoms with Gasteiger partial charge in [0.2, 0.25) is 0 Å². The molecule has 33 heavy (non-hydrogen) atoms. The molecule has 1 fully saturated rings. The lowest BCUT2D eigenvalue weighted by Gasteiger charge is -2.18. The van der Waals surface area contributed by atoms with E-state index in [0.29, 0.717) is 5.69 Å². The van der Waals surface area contributed by atoms with Gasteiger partial charge in [-0.3, -0.25) is 14.4 Å². The quantitative estimate of drug-likeness (QED) is 0.265. The Morgan fingerprint density at radius 1 is 1.21 bits per heavy atom. The molecule has 2 aliphatic rings. The predicted octanol–water partition coefficient (Wildman–Crippen LogP) is 5.58. The first-order chi connectivity index (χ1) is 16.2. The van der Waals surface area contributed by atoms with Crippen LogP contribution in [-0.2, 0) is 13.1 Å². The third-order valence-corrected chi connectivity index (χ3v) is 8.52. The maximum absolute atomic E-state index is 10.6. The number of fused-ring (bicyclic) bond motifs is 2. The molecule has 0 atom stereocenters. The number of nitrogens with one attached hydrogen (secondary N) is 2. The average Bonchev–Trinajstić information content (AvgIpc) is 3.27. The first-order valence-electron chi connectivity index (χ1n) is 11.0. The number of aldehydes is 1. The highest BCUT2D eigenvalue weighted by atomic mass is 32.2. The molecule has 0 unspecified atom stereocenters. The van der Waals surface area contributed by atoms with Crippen LogP contribution < -0.4 is 10.0 Å². The van der Waals surface area contributed by atoms with Gasteiger partial charge in [-0.05, 0) is 66.9 Å². The molecular weight excluding hydrogens is 472 g/mol.